The summed E-state index contributed by atoms with van der Waals surface area (Å²) < 4.78 is 17.9. The van der Waals surface area contributed by atoms with Crippen LogP contribution in [0.2, 0.25) is 0 Å². The molecule has 0 saturated carbocycles. The number of nitrogens with one attached hydrogen (secondary N) is 1. The lowest BCUT2D eigenvalue weighted by Gasteiger charge is -2.35. The Morgan fingerprint density at radius 1 is 1.17 bits per heavy atom. The molecule has 0 spiro atoms. The molecule has 6 rings (SSSR count). The molecule has 0 radical (unpaired) electrons. The number of hydrogen-bond acceptors (Lipinski definition) is 6. The standard InChI is InChI=1S/C26H24FN7O/c1-32-23-5-4-20(10-19(23)14-30-32)34-25(35)12-24(33-9-7-22-18(15-33)6-8-29-22)31-26(34)16-2-3-17(13-28)21(27)11-16/h2-5,10-12,14,18,22,29H,6-9,15H2,1H3. The van der Waals surface area contributed by atoms with Gasteiger partial charge in [-0.15, -0.1) is 0 Å². The minimum Gasteiger partial charge on any atom is -0.356 e. The molecule has 2 atom stereocenters. The molecule has 35 heavy (non-hydrogen) atoms. The smallest absolute Gasteiger partial charge is 0.260 e. The average Bonchev–Trinajstić information content (AvgIpc) is 3.49. The molecule has 2 aliphatic rings. The number of anilines is 1. The van der Waals surface area contributed by atoms with Crippen molar-refractivity contribution in [3.05, 3.63) is 70.4 Å². The van der Waals surface area contributed by atoms with Gasteiger partial charge in [-0.25, -0.2) is 9.37 Å². The fourth-order valence-corrected chi connectivity index (χ4v) is 5.37. The van der Waals surface area contributed by atoms with Crippen molar-refractivity contribution in [1.29, 1.82) is 5.26 Å². The van der Waals surface area contributed by atoms with E-state index in [9.17, 15) is 9.18 Å². The number of rotatable bonds is 3. The summed E-state index contributed by atoms with van der Waals surface area (Å²) in [4.78, 5) is 20.6. The van der Waals surface area contributed by atoms with Crippen molar-refractivity contribution in [1.82, 2.24) is 24.6 Å². The first kappa shape index (κ1) is 21.5. The van der Waals surface area contributed by atoms with Gasteiger partial charge in [-0.1, -0.05) is 0 Å². The molecule has 8 nitrogen and oxygen atoms in total. The van der Waals surface area contributed by atoms with Crippen molar-refractivity contribution in [2.45, 2.75) is 18.9 Å². The van der Waals surface area contributed by atoms with E-state index in [1.165, 1.54) is 16.7 Å². The zero-order chi connectivity index (χ0) is 24.1. The summed E-state index contributed by atoms with van der Waals surface area (Å²) in [6, 6.07) is 13.9. The molecule has 2 aromatic heterocycles. The molecular formula is C26H24FN7O. The van der Waals surface area contributed by atoms with Crippen LogP contribution in [0.5, 0.6) is 0 Å². The molecule has 176 valence electrons. The second-order valence-electron chi connectivity index (χ2n) is 9.27. The highest BCUT2D eigenvalue weighted by molar-refractivity contribution is 5.81. The van der Waals surface area contributed by atoms with Gasteiger partial charge in [0.25, 0.3) is 5.56 Å². The van der Waals surface area contributed by atoms with Crippen molar-refractivity contribution >= 4 is 16.7 Å². The van der Waals surface area contributed by atoms with E-state index in [1.54, 1.807) is 23.0 Å². The van der Waals surface area contributed by atoms with Crippen molar-refractivity contribution in [3.8, 4) is 23.1 Å². The average molecular weight is 470 g/mol. The van der Waals surface area contributed by atoms with E-state index in [1.807, 2.05) is 31.3 Å². The van der Waals surface area contributed by atoms with Crippen LogP contribution in [-0.4, -0.2) is 45.0 Å². The number of piperidine rings is 1. The highest BCUT2D eigenvalue weighted by Gasteiger charge is 2.33. The Morgan fingerprint density at radius 3 is 2.89 bits per heavy atom. The number of aryl methyl sites for hydroxylation is 1. The summed E-state index contributed by atoms with van der Waals surface area (Å²) in [5, 5.41) is 17.9. The first-order valence-electron chi connectivity index (χ1n) is 11.8. The largest absolute Gasteiger partial charge is 0.356 e. The molecule has 0 bridgehead atoms. The Bertz CT molecular complexity index is 1550. The van der Waals surface area contributed by atoms with E-state index in [4.69, 9.17) is 10.2 Å². The highest BCUT2D eigenvalue weighted by Crippen LogP contribution is 2.30. The molecule has 0 aliphatic carbocycles. The second-order valence-corrected chi connectivity index (χ2v) is 9.27. The summed E-state index contributed by atoms with van der Waals surface area (Å²) in [6.45, 7) is 2.65. The van der Waals surface area contributed by atoms with Crippen LogP contribution in [0.15, 0.2) is 53.5 Å². The maximum atomic E-state index is 14.6. The maximum absolute atomic E-state index is 14.6. The summed E-state index contributed by atoms with van der Waals surface area (Å²) in [5.41, 5.74) is 1.69. The van der Waals surface area contributed by atoms with Gasteiger partial charge in [-0.05, 0) is 61.7 Å². The Morgan fingerprint density at radius 2 is 2.06 bits per heavy atom. The predicted molar refractivity (Wildman–Crippen MR) is 131 cm³/mol. The third-order valence-electron chi connectivity index (χ3n) is 7.22. The van der Waals surface area contributed by atoms with Gasteiger partial charge >= 0.3 is 0 Å². The van der Waals surface area contributed by atoms with Crippen LogP contribution in [0.4, 0.5) is 10.2 Å². The number of hydrogen-bond donors (Lipinski definition) is 1. The highest BCUT2D eigenvalue weighted by atomic mass is 19.1. The van der Waals surface area contributed by atoms with Crippen LogP contribution in [-0.2, 0) is 7.05 Å². The zero-order valence-electron chi connectivity index (χ0n) is 19.3. The summed E-state index contributed by atoms with van der Waals surface area (Å²) in [6.07, 6.45) is 3.84. The topological polar surface area (TPSA) is 91.8 Å². The van der Waals surface area contributed by atoms with Gasteiger partial charge < -0.3 is 10.2 Å². The number of halogens is 1. The van der Waals surface area contributed by atoms with Crippen LogP contribution in [0.3, 0.4) is 0 Å². The Balaban J connectivity index is 1.51. The molecule has 4 aromatic rings. The van der Waals surface area contributed by atoms with Gasteiger partial charge in [0.1, 0.15) is 23.5 Å². The first-order valence-corrected chi connectivity index (χ1v) is 11.8. The Labute approximate surface area is 201 Å². The lowest BCUT2D eigenvalue weighted by Crippen LogP contribution is -2.45. The maximum Gasteiger partial charge on any atom is 0.260 e. The monoisotopic (exact) mass is 469 g/mol. The van der Waals surface area contributed by atoms with Crippen LogP contribution in [0, 0.1) is 23.1 Å². The second kappa shape index (κ2) is 8.32. The molecule has 4 heterocycles. The zero-order valence-corrected chi connectivity index (χ0v) is 19.3. The summed E-state index contributed by atoms with van der Waals surface area (Å²) in [7, 11) is 1.86. The van der Waals surface area contributed by atoms with Crippen molar-refractivity contribution < 1.29 is 4.39 Å². The van der Waals surface area contributed by atoms with E-state index in [2.05, 4.69) is 15.3 Å². The van der Waals surface area contributed by atoms with E-state index in [0.717, 1.165) is 43.4 Å². The van der Waals surface area contributed by atoms with E-state index in [-0.39, 0.29) is 11.1 Å². The number of nitrogens with zero attached hydrogens (tertiary/aromatic N) is 6. The van der Waals surface area contributed by atoms with Gasteiger partial charge in [-0.2, -0.15) is 10.4 Å². The minimum absolute atomic E-state index is 0.0496. The van der Waals surface area contributed by atoms with Gasteiger partial charge in [0.05, 0.1) is 23.0 Å². The molecule has 2 unspecified atom stereocenters. The molecule has 2 fully saturated rings. The summed E-state index contributed by atoms with van der Waals surface area (Å²) >= 11 is 0. The number of aromatic nitrogens is 4. The van der Waals surface area contributed by atoms with Crippen LogP contribution in [0.25, 0.3) is 28.0 Å². The fraction of sp³-hybridized carbons (Fsp3) is 0.308. The molecule has 2 saturated heterocycles. The third-order valence-corrected chi connectivity index (χ3v) is 7.22. The number of fused-ring (bicyclic) bond motifs is 2. The molecule has 9 heteroatoms. The van der Waals surface area contributed by atoms with Crippen LogP contribution in [0.1, 0.15) is 18.4 Å². The molecular weight excluding hydrogens is 445 g/mol. The SMILES string of the molecule is Cn1ncc2cc(-n3c(-c4ccc(C#N)c(F)c4)nc(N4CCC5NCCC5C4)cc3=O)ccc21. The van der Waals surface area contributed by atoms with Crippen molar-refractivity contribution in [3.63, 3.8) is 0 Å². The molecule has 2 aromatic carbocycles. The quantitative estimate of drug-likeness (QED) is 0.496. The molecule has 1 N–H and O–H groups in total. The Kier molecular flexibility index (Phi) is 5.11. The number of nitriles is 1. The third kappa shape index (κ3) is 3.67. The van der Waals surface area contributed by atoms with E-state index < -0.39 is 5.82 Å². The predicted octanol–water partition coefficient (Wildman–Crippen LogP) is 2.99. The lowest BCUT2D eigenvalue weighted by molar-refractivity contribution is 0.375. The Hall–Kier alpha value is -4.03. The van der Waals surface area contributed by atoms with Crippen LogP contribution < -0.4 is 15.8 Å². The first-order chi connectivity index (χ1) is 17.0. The summed E-state index contributed by atoms with van der Waals surface area (Å²) in [5.74, 6) is 0.818. The van der Waals surface area contributed by atoms with Crippen molar-refractivity contribution in [2.24, 2.45) is 13.0 Å². The fourth-order valence-electron chi connectivity index (χ4n) is 5.37. The number of benzene rings is 2. The van der Waals surface area contributed by atoms with E-state index in [0.29, 0.717) is 34.9 Å². The normalized spacial score (nSPS) is 19.6. The lowest BCUT2D eigenvalue weighted by atomic mass is 9.93. The molecule has 0 amide bonds. The van der Waals surface area contributed by atoms with Gasteiger partial charge in [0, 0.05) is 43.2 Å². The minimum atomic E-state index is -0.642. The molecule has 2 aliphatic heterocycles. The van der Waals surface area contributed by atoms with Gasteiger partial charge in [-0.3, -0.25) is 14.0 Å². The van der Waals surface area contributed by atoms with Crippen LogP contribution >= 0.6 is 0 Å². The van der Waals surface area contributed by atoms with Crippen molar-refractivity contribution in [2.75, 3.05) is 24.5 Å². The van der Waals surface area contributed by atoms with E-state index >= 15 is 0 Å². The van der Waals surface area contributed by atoms with Gasteiger partial charge in [0.15, 0.2) is 0 Å². The van der Waals surface area contributed by atoms with Gasteiger partial charge in [0.2, 0.25) is 0 Å².